The van der Waals surface area contributed by atoms with Crippen molar-refractivity contribution in [2.24, 2.45) is 0 Å². The van der Waals surface area contributed by atoms with Gasteiger partial charge in [0.1, 0.15) is 5.60 Å². The molecule has 0 radical (unpaired) electrons. The lowest BCUT2D eigenvalue weighted by atomic mass is 10.1. The predicted molar refractivity (Wildman–Crippen MR) is 62.0 cm³/mol. The fourth-order valence-electron chi connectivity index (χ4n) is 1.65. The van der Waals surface area contributed by atoms with Crippen LogP contribution < -0.4 is 4.72 Å². The van der Waals surface area contributed by atoms with Crippen LogP contribution in [0, 0.1) is 0 Å². The molecule has 0 saturated carbocycles. The average Bonchev–Trinajstić information content (AvgIpc) is 2.76. The van der Waals surface area contributed by atoms with Crippen molar-refractivity contribution in [1.29, 1.82) is 0 Å². The molecule has 0 aromatic heterocycles. The highest BCUT2D eigenvalue weighted by molar-refractivity contribution is 7.89. The molecule has 17 heavy (non-hydrogen) atoms. The van der Waals surface area contributed by atoms with Crippen LogP contribution in [0.15, 0.2) is 35.2 Å². The summed E-state index contributed by atoms with van der Waals surface area (Å²) in [6, 6.07) is 8.08. The van der Waals surface area contributed by atoms with E-state index in [0.29, 0.717) is 13.0 Å². The summed E-state index contributed by atoms with van der Waals surface area (Å²) >= 11 is 0. The molecule has 5 nitrogen and oxygen atoms in total. The Morgan fingerprint density at radius 2 is 2.06 bits per heavy atom. The third-order valence-electron chi connectivity index (χ3n) is 2.73. The first-order valence-electron chi connectivity index (χ1n) is 5.37. The lowest BCUT2D eigenvalue weighted by Crippen LogP contribution is -2.43. The highest BCUT2D eigenvalue weighted by Gasteiger charge is 2.33. The summed E-state index contributed by atoms with van der Waals surface area (Å²) in [5, 5.41) is 9.95. The van der Waals surface area contributed by atoms with Crippen molar-refractivity contribution in [3.63, 3.8) is 0 Å². The Bertz CT molecular complexity index is 466. The molecule has 2 N–H and O–H groups in total. The SMILES string of the molecule is O=S(=O)(NC[C@]1(O)CCOC1)c1ccccc1. The highest BCUT2D eigenvalue weighted by atomic mass is 32.2. The Labute approximate surface area is 100 Å². The van der Waals surface area contributed by atoms with Crippen LogP contribution in [0.3, 0.4) is 0 Å². The molecule has 0 unspecified atom stereocenters. The van der Waals surface area contributed by atoms with Crippen LogP contribution in [0.2, 0.25) is 0 Å². The first kappa shape index (κ1) is 12.5. The maximum atomic E-state index is 11.9. The van der Waals surface area contributed by atoms with E-state index in [1.165, 1.54) is 12.1 Å². The van der Waals surface area contributed by atoms with Gasteiger partial charge in [0.25, 0.3) is 0 Å². The van der Waals surface area contributed by atoms with Crippen molar-refractivity contribution in [3.8, 4) is 0 Å². The highest BCUT2D eigenvalue weighted by Crippen LogP contribution is 2.18. The van der Waals surface area contributed by atoms with Gasteiger partial charge in [-0.25, -0.2) is 13.1 Å². The maximum Gasteiger partial charge on any atom is 0.240 e. The molecule has 1 aliphatic rings. The molecule has 0 aliphatic carbocycles. The number of ether oxygens (including phenoxy) is 1. The van der Waals surface area contributed by atoms with E-state index in [1.54, 1.807) is 18.2 Å². The van der Waals surface area contributed by atoms with E-state index >= 15 is 0 Å². The van der Waals surface area contributed by atoms with Gasteiger partial charge in [0, 0.05) is 19.6 Å². The molecule has 94 valence electrons. The van der Waals surface area contributed by atoms with Crippen molar-refractivity contribution in [2.75, 3.05) is 19.8 Å². The topological polar surface area (TPSA) is 75.6 Å². The minimum absolute atomic E-state index is 0.0236. The van der Waals surface area contributed by atoms with Gasteiger partial charge in [-0.3, -0.25) is 0 Å². The van der Waals surface area contributed by atoms with Gasteiger partial charge >= 0.3 is 0 Å². The third kappa shape index (κ3) is 3.04. The molecule has 6 heteroatoms. The molecule has 1 aliphatic heterocycles. The molecule has 1 aromatic rings. The second kappa shape index (κ2) is 4.73. The summed E-state index contributed by atoms with van der Waals surface area (Å²) in [4.78, 5) is 0.197. The quantitative estimate of drug-likeness (QED) is 0.803. The fourth-order valence-corrected chi connectivity index (χ4v) is 2.79. The molecular weight excluding hydrogens is 242 g/mol. The molecule has 1 heterocycles. The van der Waals surface area contributed by atoms with Gasteiger partial charge in [0.2, 0.25) is 10.0 Å². The standard InChI is InChI=1S/C11H15NO4S/c13-11(6-7-16-9-11)8-12-17(14,15)10-4-2-1-3-5-10/h1-5,12-13H,6-9H2/t11-/m1/s1. The summed E-state index contributed by atoms with van der Waals surface area (Å²) in [7, 11) is -3.55. The van der Waals surface area contributed by atoms with Gasteiger partial charge in [-0.1, -0.05) is 18.2 Å². The zero-order valence-electron chi connectivity index (χ0n) is 9.30. The molecule has 1 atom stereocenters. The van der Waals surface area contributed by atoms with Crippen LogP contribution in [-0.4, -0.2) is 38.9 Å². The first-order valence-corrected chi connectivity index (χ1v) is 6.85. The number of sulfonamides is 1. The Kier molecular flexibility index (Phi) is 3.48. The molecule has 0 spiro atoms. The Morgan fingerprint density at radius 1 is 1.35 bits per heavy atom. The Morgan fingerprint density at radius 3 is 2.65 bits per heavy atom. The summed E-state index contributed by atoms with van der Waals surface area (Å²) in [5.74, 6) is 0. The van der Waals surface area contributed by atoms with Gasteiger partial charge in [0.15, 0.2) is 0 Å². The minimum atomic E-state index is -3.55. The molecule has 2 rings (SSSR count). The average molecular weight is 257 g/mol. The zero-order chi connectivity index (χ0) is 12.4. The molecule has 0 amide bonds. The number of benzene rings is 1. The van der Waals surface area contributed by atoms with E-state index in [1.807, 2.05) is 0 Å². The van der Waals surface area contributed by atoms with Crippen LogP contribution in [-0.2, 0) is 14.8 Å². The second-order valence-electron chi connectivity index (χ2n) is 4.16. The molecule has 1 fully saturated rings. The molecule has 1 aromatic carbocycles. The Balaban J connectivity index is 2.04. The van der Waals surface area contributed by atoms with E-state index in [-0.39, 0.29) is 18.0 Å². The van der Waals surface area contributed by atoms with E-state index in [2.05, 4.69) is 4.72 Å². The maximum absolute atomic E-state index is 11.9. The van der Waals surface area contributed by atoms with Crippen LogP contribution >= 0.6 is 0 Å². The number of aliphatic hydroxyl groups is 1. The normalized spacial score (nSPS) is 25.0. The van der Waals surface area contributed by atoms with Crippen molar-refractivity contribution in [1.82, 2.24) is 4.72 Å². The number of hydrogen-bond donors (Lipinski definition) is 2. The fraction of sp³-hybridized carbons (Fsp3) is 0.455. The lowest BCUT2D eigenvalue weighted by molar-refractivity contribution is 0.0314. The van der Waals surface area contributed by atoms with Crippen molar-refractivity contribution in [3.05, 3.63) is 30.3 Å². The smallest absolute Gasteiger partial charge is 0.240 e. The first-order chi connectivity index (χ1) is 8.02. The minimum Gasteiger partial charge on any atom is -0.386 e. The summed E-state index contributed by atoms with van der Waals surface area (Å²) in [5.41, 5.74) is -1.08. The molecular formula is C11H15NO4S. The van der Waals surface area contributed by atoms with Crippen LogP contribution in [0.5, 0.6) is 0 Å². The molecule has 1 saturated heterocycles. The largest absolute Gasteiger partial charge is 0.386 e. The number of hydrogen-bond acceptors (Lipinski definition) is 4. The van der Waals surface area contributed by atoms with Crippen molar-refractivity contribution >= 4 is 10.0 Å². The van der Waals surface area contributed by atoms with Gasteiger partial charge in [-0.2, -0.15) is 0 Å². The molecule has 0 bridgehead atoms. The van der Waals surface area contributed by atoms with E-state index in [9.17, 15) is 13.5 Å². The van der Waals surface area contributed by atoms with Gasteiger partial charge < -0.3 is 9.84 Å². The third-order valence-corrected chi connectivity index (χ3v) is 4.14. The second-order valence-corrected chi connectivity index (χ2v) is 5.93. The van der Waals surface area contributed by atoms with E-state index in [0.717, 1.165) is 0 Å². The monoisotopic (exact) mass is 257 g/mol. The van der Waals surface area contributed by atoms with Crippen molar-refractivity contribution in [2.45, 2.75) is 16.9 Å². The predicted octanol–water partition coefficient (Wildman–Crippen LogP) is 0.116. The van der Waals surface area contributed by atoms with Gasteiger partial charge in [-0.15, -0.1) is 0 Å². The summed E-state index contributed by atoms with van der Waals surface area (Å²) in [6.45, 7) is 0.609. The van der Waals surface area contributed by atoms with E-state index < -0.39 is 15.6 Å². The zero-order valence-corrected chi connectivity index (χ0v) is 10.1. The van der Waals surface area contributed by atoms with Gasteiger partial charge in [0.05, 0.1) is 11.5 Å². The Hall–Kier alpha value is -0.950. The van der Waals surface area contributed by atoms with Crippen LogP contribution in [0.4, 0.5) is 0 Å². The van der Waals surface area contributed by atoms with Crippen LogP contribution in [0.1, 0.15) is 6.42 Å². The number of rotatable bonds is 4. The number of nitrogens with one attached hydrogen (secondary N) is 1. The van der Waals surface area contributed by atoms with Crippen LogP contribution in [0.25, 0.3) is 0 Å². The van der Waals surface area contributed by atoms with Gasteiger partial charge in [-0.05, 0) is 12.1 Å². The van der Waals surface area contributed by atoms with Crippen molar-refractivity contribution < 1.29 is 18.3 Å². The lowest BCUT2D eigenvalue weighted by Gasteiger charge is -2.20. The van der Waals surface area contributed by atoms with E-state index in [4.69, 9.17) is 4.74 Å². The summed E-state index contributed by atoms with van der Waals surface area (Å²) in [6.07, 6.45) is 0.449. The summed E-state index contributed by atoms with van der Waals surface area (Å²) < 4.78 is 31.2.